The summed E-state index contributed by atoms with van der Waals surface area (Å²) in [6.07, 6.45) is 2.58. The molecular formula is C40H39NO4. The zero-order valence-electron chi connectivity index (χ0n) is 25.9. The van der Waals surface area contributed by atoms with Gasteiger partial charge in [-0.1, -0.05) is 103 Å². The minimum absolute atomic E-state index is 0.0145. The zero-order valence-corrected chi connectivity index (χ0v) is 25.9. The first kappa shape index (κ1) is 31.3. The molecule has 0 spiro atoms. The molecule has 5 aromatic rings. The third kappa shape index (κ3) is 8.70. The van der Waals surface area contributed by atoms with Crippen LogP contribution >= 0.6 is 0 Å². The van der Waals surface area contributed by atoms with Crippen LogP contribution in [0.15, 0.2) is 121 Å². The number of nitrogens with one attached hydrogen (secondary N) is 1. The van der Waals surface area contributed by atoms with Crippen molar-refractivity contribution in [2.45, 2.75) is 46.3 Å². The summed E-state index contributed by atoms with van der Waals surface area (Å²) < 4.78 is 12.7. The Bertz CT molecular complexity index is 1730. The molecule has 0 aliphatic carbocycles. The summed E-state index contributed by atoms with van der Waals surface area (Å²) in [4.78, 5) is 24.3. The van der Waals surface area contributed by atoms with E-state index < -0.39 is 0 Å². The first-order chi connectivity index (χ1) is 22.0. The van der Waals surface area contributed by atoms with E-state index in [9.17, 15) is 9.59 Å². The van der Waals surface area contributed by atoms with Gasteiger partial charge < -0.3 is 14.8 Å². The van der Waals surface area contributed by atoms with Crippen LogP contribution in [0.1, 0.15) is 57.9 Å². The number of amides is 1. The van der Waals surface area contributed by atoms with Crippen LogP contribution < -0.4 is 14.8 Å². The van der Waals surface area contributed by atoms with Crippen LogP contribution in [0.25, 0.3) is 11.1 Å². The van der Waals surface area contributed by atoms with Crippen LogP contribution in [-0.4, -0.2) is 18.2 Å². The van der Waals surface area contributed by atoms with Crippen molar-refractivity contribution in [2.24, 2.45) is 0 Å². The molecule has 228 valence electrons. The Labute approximate surface area is 265 Å². The summed E-state index contributed by atoms with van der Waals surface area (Å²) in [5, 5.41) is 2.86. The second kappa shape index (κ2) is 15.5. The molecule has 0 saturated carbocycles. The predicted octanol–water partition coefficient (Wildman–Crippen LogP) is 8.51. The summed E-state index contributed by atoms with van der Waals surface area (Å²) in [6.45, 7) is 5.07. The van der Waals surface area contributed by atoms with Crippen molar-refractivity contribution in [1.82, 2.24) is 5.32 Å². The van der Waals surface area contributed by atoms with Gasteiger partial charge in [0.2, 0.25) is 5.91 Å². The number of rotatable bonds is 14. The number of carbonyl (C=O) groups excluding carboxylic acids is 2. The molecule has 0 aliphatic heterocycles. The predicted molar refractivity (Wildman–Crippen MR) is 180 cm³/mol. The number of ketones is 1. The van der Waals surface area contributed by atoms with Gasteiger partial charge in [-0.15, -0.1) is 0 Å². The van der Waals surface area contributed by atoms with Gasteiger partial charge in [0.15, 0.2) is 5.78 Å². The molecule has 45 heavy (non-hydrogen) atoms. The molecule has 1 amide bonds. The van der Waals surface area contributed by atoms with E-state index in [1.54, 1.807) is 0 Å². The second-order valence-corrected chi connectivity index (χ2v) is 11.1. The number of hydrogen-bond donors (Lipinski definition) is 1. The summed E-state index contributed by atoms with van der Waals surface area (Å²) in [7, 11) is 0. The number of carbonyl (C=O) groups is 2. The lowest BCUT2D eigenvalue weighted by atomic mass is 9.97. The standard InChI is InChI=1S/C40H39NO4/c1-29-36(20-12-21-38(29)32-14-5-3-6-15-32)28-44-37-23-22-33(16-9-10-24-41-30(2)42)39(26-37)45-27-31-13-11-19-35(25-31)40(43)34-17-7-4-8-18-34/h3-8,11-15,17-23,25-26H,9-10,16,24,27-28H2,1-2H3,(H,41,42). The van der Waals surface area contributed by atoms with Gasteiger partial charge in [-0.25, -0.2) is 0 Å². The summed E-state index contributed by atoms with van der Waals surface area (Å²) in [6, 6.07) is 39.6. The topological polar surface area (TPSA) is 64.6 Å². The van der Waals surface area contributed by atoms with Gasteiger partial charge >= 0.3 is 0 Å². The summed E-state index contributed by atoms with van der Waals surface area (Å²) >= 11 is 0. The average molecular weight is 598 g/mol. The van der Waals surface area contributed by atoms with Crippen molar-refractivity contribution in [3.05, 3.63) is 155 Å². The molecule has 0 atom stereocenters. The first-order valence-corrected chi connectivity index (χ1v) is 15.4. The van der Waals surface area contributed by atoms with Crippen LogP contribution in [0.2, 0.25) is 0 Å². The maximum Gasteiger partial charge on any atom is 0.216 e. The van der Waals surface area contributed by atoms with Crippen LogP contribution in [0.3, 0.4) is 0 Å². The molecule has 0 aromatic heterocycles. The average Bonchev–Trinajstić information content (AvgIpc) is 3.07. The van der Waals surface area contributed by atoms with Gasteiger partial charge in [0.05, 0.1) is 0 Å². The molecule has 0 saturated heterocycles. The highest BCUT2D eigenvalue weighted by molar-refractivity contribution is 6.09. The van der Waals surface area contributed by atoms with Crippen molar-refractivity contribution >= 4 is 11.7 Å². The Morgan fingerprint density at radius 3 is 2.18 bits per heavy atom. The van der Waals surface area contributed by atoms with Crippen molar-refractivity contribution in [3.8, 4) is 22.6 Å². The molecule has 5 rings (SSSR count). The van der Waals surface area contributed by atoms with Crippen molar-refractivity contribution in [3.63, 3.8) is 0 Å². The summed E-state index contributed by atoms with van der Waals surface area (Å²) in [5.74, 6) is 1.45. The van der Waals surface area contributed by atoms with Gasteiger partial charge in [-0.05, 0) is 71.7 Å². The number of aryl methyl sites for hydroxylation is 1. The normalized spacial score (nSPS) is 10.7. The largest absolute Gasteiger partial charge is 0.489 e. The Morgan fingerprint density at radius 2 is 1.40 bits per heavy atom. The van der Waals surface area contributed by atoms with E-state index in [1.165, 1.54) is 23.6 Å². The number of hydrogen-bond acceptors (Lipinski definition) is 4. The van der Waals surface area contributed by atoms with Crippen molar-refractivity contribution < 1.29 is 19.1 Å². The lowest BCUT2D eigenvalue weighted by Crippen LogP contribution is -2.20. The van der Waals surface area contributed by atoms with Crippen LogP contribution in [0.5, 0.6) is 11.5 Å². The van der Waals surface area contributed by atoms with Crippen LogP contribution in [0, 0.1) is 6.92 Å². The van der Waals surface area contributed by atoms with Gasteiger partial charge in [-0.3, -0.25) is 9.59 Å². The monoisotopic (exact) mass is 597 g/mol. The third-order valence-corrected chi connectivity index (χ3v) is 7.83. The van der Waals surface area contributed by atoms with Crippen LogP contribution in [-0.2, 0) is 24.4 Å². The van der Waals surface area contributed by atoms with E-state index in [4.69, 9.17) is 9.47 Å². The molecule has 5 heteroatoms. The second-order valence-electron chi connectivity index (χ2n) is 11.1. The number of benzene rings is 5. The van der Waals surface area contributed by atoms with Gasteiger partial charge in [0.1, 0.15) is 24.7 Å². The van der Waals surface area contributed by atoms with Gasteiger partial charge in [0.25, 0.3) is 0 Å². The lowest BCUT2D eigenvalue weighted by molar-refractivity contribution is -0.118. The number of unbranched alkanes of at least 4 members (excludes halogenated alkanes) is 1. The molecule has 1 N–H and O–H groups in total. The van der Waals surface area contributed by atoms with Gasteiger partial charge in [-0.2, -0.15) is 0 Å². The first-order valence-electron chi connectivity index (χ1n) is 15.4. The van der Waals surface area contributed by atoms with Crippen molar-refractivity contribution in [1.29, 1.82) is 0 Å². The Morgan fingerprint density at radius 1 is 0.667 bits per heavy atom. The molecule has 0 aliphatic rings. The molecule has 0 unspecified atom stereocenters. The highest BCUT2D eigenvalue weighted by atomic mass is 16.5. The minimum Gasteiger partial charge on any atom is -0.489 e. The Hall–Kier alpha value is -5.16. The van der Waals surface area contributed by atoms with E-state index in [2.05, 4.69) is 60.8 Å². The highest BCUT2D eigenvalue weighted by Crippen LogP contribution is 2.30. The molecule has 0 bridgehead atoms. The maximum absolute atomic E-state index is 13.0. The zero-order chi connectivity index (χ0) is 31.4. The van der Waals surface area contributed by atoms with Crippen molar-refractivity contribution in [2.75, 3.05) is 6.54 Å². The molecule has 5 aromatic carbocycles. The fourth-order valence-electron chi connectivity index (χ4n) is 5.32. The van der Waals surface area contributed by atoms with E-state index in [1.807, 2.05) is 72.8 Å². The van der Waals surface area contributed by atoms with E-state index in [0.29, 0.717) is 30.9 Å². The highest BCUT2D eigenvalue weighted by Gasteiger charge is 2.12. The van der Waals surface area contributed by atoms with E-state index in [0.717, 1.165) is 47.5 Å². The molecule has 0 heterocycles. The van der Waals surface area contributed by atoms with Gasteiger partial charge in [0, 0.05) is 30.7 Å². The smallest absolute Gasteiger partial charge is 0.216 e. The third-order valence-electron chi connectivity index (χ3n) is 7.83. The van der Waals surface area contributed by atoms with E-state index in [-0.39, 0.29) is 11.7 Å². The lowest BCUT2D eigenvalue weighted by Gasteiger charge is -2.16. The fraction of sp³-hybridized carbons (Fsp3) is 0.200. The number of ether oxygens (including phenoxy) is 2. The maximum atomic E-state index is 13.0. The molecule has 5 nitrogen and oxygen atoms in total. The summed E-state index contributed by atoms with van der Waals surface area (Å²) in [5.41, 5.74) is 7.98. The SMILES string of the molecule is CC(=O)NCCCCc1ccc(OCc2cccc(-c3ccccc3)c2C)cc1OCc1cccc(C(=O)c2ccccc2)c1. The molecule has 0 fully saturated rings. The van der Waals surface area contributed by atoms with E-state index >= 15 is 0 Å². The fourth-order valence-corrected chi connectivity index (χ4v) is 5.32. The minimum atomic E-state index is -0.0157. The Balaban J connectivity index is 1.31. The quantitative estimate of drug-likeness (QED) is 0.103. The Kier molecular flexibility index (Phi) is 10.8. The molecular weight excluding hydrogens is 558 g/mol. The van der Waals surface area contributed by atoms with Crippen LogP contribution in [0.4, 0.5) is 0 Å². The molecule has 0 radical (unpaired) electrons.